The quantitative estimate of drug-likeness (QED) is 0.112. The highest BCUT2D eigenvalue weighted by Crippen LogP contribution is 2.36. The Balaban J connectivity index is 0.000000175. The van der Waals surface area contributed by atoms with E-state index in [0.717, 1.165) is 66.7 Å². The first-order valence-electron chi connectivity index (χ1n) is 17.2. The van der Waals surface area contributed by atoms with Gasteiger partial charge < -0.3 is 33.7 Å². The molecular formula is C37H38N12O5S3. The summed E-state index contributed by atoms with van der Waals surface area (Å²) < 4.78 is 36.4. The van der Waals surface area contributed by atoms with Gasteiger partial charge in [0.2, 0.25) is 15.9 Å². The molecule has 17 nitrogen and oxygen atoms in total. The van der Waals surface area contributed by atoms with E-state index in [1.54, 1.807) is 76.4 Å². The molecule has 0 saturated carbocycles. The Kier molecular flexibility index (Phi) is 12.0. The minimum absolute atomic E-state index is 0.295. The lowest BCUT2D eigenvalue weighted by molar-refractivity contribution is 0.355. The normalized spacial score (nSPS) is 11.7. The lowest BCUT2D eigenvalue weighted by atomic mass is 10.2. The molecule has 57 heavy (non-hydrogen) atoms. The van der Waals surface area contributed by atoms with Crippen LogP contribution in [0.25, 0.3) is 53.6 Å². The molecule has 8 aromatic rings. The molecule has 0 spiro atoms. The van der Waals surface area contributed by atoms with E-state index in [2.05, 4.69) is 45.2 Å². The van der Waals surface area contributed by atoms with Crippen LogP contribution in [0, 0.1) is 0 Å². The number of imidazole rings is 2. The van der Waals surface area contributed by atoms with E-state index >= 15 is 0 Å². The summed E-state index contributed by atoms with van der Waals surface area (Å²) in [7, 11) is 10.5. The van der Waals surface area contributed by atoms with Crippen LogP contribution < -0.4 is 24.3 Å². The van der Waals surface area contributed by atoms with Crippen LogP contribution in [0.4, 0.5) is 5.95 Å². The van der Waals surface area contributed by atoms with Crippen molar-refractivity contribution in [1.82, 2.24) is 54.0 Å². The number of hydrogen-bond donors (Lipinski definition) is 1. The third kappa shape index (κ3) is 8.59. The summed E-state index contributed by atoms with van der Waals surface area (Å²) in [6.45, 7) is 1.69. The Morgan fingerprint density at radius 2 is 1.09 bits per heavy atom. The van der Waals surface area contributed by atoms with Crippen molar-refractivity contribution in [2.75, 3.05) is 67.2 Å². The van der Waals surface area contributed by atoms with Crippen LogP contribution in [0.2, 0.25) is 0 Å². The van der Waals surface area contributed by atoms with Gasteiger partial charge in [-0.25, -0.2) is 29.0 Å². The van der Waals surface area contributed by atoms with E-state index in [9.17, 15) is 4.55 Å². The van der Waals surface area contributed by atoms with E-state index < -0.39 is 11.2 Å². The smallest absolute Gasteiger partial charge is 0.342 e. The Hall–Kier alpha value is -5.93. The van der Waals surface area contributed by atoms with Crippen LogP contribution in [0.5, 0.6) is 23.0 Å². The van der Waals surface area contributed by atoms with Crippen molar-refractivity contribution in [2.45, 2.75) is 5.16 Å². The number of aromatic nitrogens is 10. The molecule has 0 bridgehead atoms. The molecule has 1 N–H and O–H groups in total. The van der Waals surface area contributed by atoms with E-state index in [4.69, 9.17) is 24.0 Å². The zero-order valence-electron chi connectivity index (χ0n) is 32.0. The van der Waals surface area contributed by atoms with Gasteiger partial charge in [0.1, 0.15) is 16.3 Å². The minimum atomic E-state index is -1.22. The molecule has 20 heteroatoms. The van der Waals surface area contributed by atoms with E-state index in [-0.39, 0.29) is 0 Å². The SMILES string of the molecule is COc1ccc(-c2nn3c(-c4cnc(NCCN(C)C)nc4)cnc3s2)cc1OC.COc1ccc(-c2nn3c(-c4cnc([S+](C)[O-])nc4)cnc3s2)cc1OC. The summed E-state index contributed by atoms with van der Waals surface area (Å²) in [5.74, 6) is 3.24. The molecular weight excluding hydrogens is 789 g/mol. The van der Waals surface area contributed by atoms with Gasteiger partial charge in [-0.15, -0.1) is 0 Å². The second-order valence-electron chi connectivity index (χ2n) is 12.4. The van der Waals surface area contributed by atoms with Crippen molar-refractivity contribution >= 4 is 49.7 Å². The Morgan fingerprint density at radius 1 is 0.632 bits per heavy atom. The number of likely N-dealkylation sites (N-methyl/N-ethyl adjacent to an activating group) is 1. The molecule has 1 atom stereocenters. The fourth-order valence-corrected chi connectivity index (χ4v) is 7.64. The van der Waals surface area contributed by atoms with Crippen LogP contribution in [-0.2, 0) is 11.2 Å². The fraction of sp³-hybridized carbons (Fsp3) is 0.243. The zero-order chi connectivity index (χ0) is 40.1. The first-order chi connectivity index (χ1) is 27.7. The van der Waals surface area contributed by atoms with Gasteiger partial charge in [0.15, 0.2) is 23.0 Å². The predicted molar refractivity (Wildman–Crippen MR) is 220 cm³/mol. The van der Waals surface area contributed by atoms with Crippen LogP contribution in [0.1, 0.15) is 0 Å². The monoisotopic (exact) mass is 826 g/mol. The van der Waals surface area contributed by atoms with Crippen LogP contribution in [0.15, 0.2) is 78.7 Å². The maximum absolute atomic E-state index is 11.5. The van der Waals surface area contributed by atoms with Crippen LogP contribution in [-0.4, -0.2) is 120 Å². The highest BCUT2D eigenvalue weighted by atomic mass is 32.2. The van der Waals surface area contributed by atoms with Gasteiger partial charge in [0.25, 0.3) is 0 Å². The van der Waals surface area contributed by atoms with Crippen LogP contribution >= 0.6 is 22.7 Å². The number of fused-ring (bicyclic) bond motifs is 2. The average Bonchev–Trinajstić information content (AvgIpc) is 4.03. The van der Waals surface area contributed by atoms with E-state index in [1.165, 1.54) is 22.7 Å². The van der Waals surface area contributed by atoms with Gasteiger partial charge in [-0.1, -0.05) is 22.7 Å². The first kappa shape index (κ1) is 39.3. The second kappa shape index (κ2) is 17.5. The minimum Gasteiger partial charge on any atom is -0.609 e. The highest BCUT2D eigenvalue weighted by molar-refractivity contribution is 7.90. The largest absolute Gasteiger partial charge is 0.609 e. The number of nitrogens with one attached hydrogen (secondary N) is 1. The highest BCUT2D eigenvalue weighted by Gasteiger charge is 2.18. The van der Waals surface area contributed by atoms with Crippen molar-refractivity contribution in [1.29, 1.82) is 0 Å². The summed E-state index contributed by atoms with van der Waals surface area (Å²) in [5.41, 5.74) is 5.05. The summed E-state index contributed by atoms with van der Waals surface area (Å²) in [4.78, 5) is 29.7. The van der Waals surface area contributed by atoms with Crippen molar-refractivity contribution in [3.8, 4) is 66.7 Å². The van der Waals surface area contributed by atoms with Crippen molar-refractivity contribution in [3.63, 3.8) is 0 Å². The van der Waals surface area contributed by atoms with Gasteiger partial charge in [-0.3, -0.25) is 0 Å². The number of ether oxygens (including phenoxy) is 4. The molecule has 6 aromatic heterocycles. The number of rotatable bonds is 13. The average molecular weight is 827 g/mol. The van der Waals surface area contributed by atoms with Gasteiger partial charge in [-0.2, -0.15) is 20.2 Å². The number of hydrogen-bond acceptors (Lipinski definition) is 17. The van der Waals surface area contributed by atoms with Gasteiger partial charge in [0.05, 0.1) is 52.2 Å². The summed E-state index contributed by atoms with van der Waals surface area (Å²) in [5, 5.41) is 14.5. The summed E-state index contributed by atoms with van der Waals surface area (Å²) in [6.07, 6.45) is 11.9. The molecule has 2 aromatic carbocycles. The topological polar surface area (TPSA) is 187 Å². The Labute approximate surface area is 338 Å². The van der Waals surface area contributed by atoms with Crippen molar-refractivity contribution < 1.29 is 23.5 Å². The Bertz CT molecular complexity index is 2590. The maximum Gasteiger partial charge on any atom is 0.342 e. The van der Waals surface area contributed by atoms with Gasteiger partial charge >= 0.3 is 5.16 Å². The molecule has 1 unspecified atom stereocenters. The molecule has 0 aliphatic rings. The van der Waals surface area contributed by atoms with Crippen molar-refractivity contribution in [2.24, 2.45) is 0 Å². The lowest BCUT2D eigenvalue weighted by Crippen LogP contribution is -2.21. The molecule has 0 fully saturated rings. The van der Waals surface area contributed by atoms with E-state index in [1.807, 2.05) is 55.0 Å². The molecule has 0 amide bonds. The van der Waals surface area contributed by atoms with Gasteiger partial charge in [0, 0.05) is 71.3 Å². The number of benzene rings is 2. The maximum atomic E-state index is 11.5. The third-order valence-electron chi connectivity index (χ3n) is 8.40. The molecule has 0 radical (unpaired) electrons. The second-order valence-corrected chi connectivity index (χ2v) is 15.5. The number of nitrogens with zero attached hydrogens (tertiary/aromatic N) is 11. The lowest BCUT2D eigenvalue weighted by Gasteiger charge is -2.10. The number of methoxy groups -OCH3 is 4. The standard InChI is InChI=1S/C20H23N7O2S.C17H15N5O3S2/c1-26(2)8-7-21-19-22-10-14(11-23-19)15-12-24-20-27(15)25-18(30-20)13-5-6-16(28-3)17(9-13)29-4;1-24-13-5-4-10(6-14(13)25-2)15-21-22-12(9-20-17(22)26-15)11-7-18-16(19-8-11)27(3)23/h5-6,9-12H,7-8H2,1-4H3,(H,21,22,23);4-9H,1-3H3. The molecule has 0 aliphatic heterocycles. The fourth-order valence-electron chi connectivity index (χ4n) is 5.49. The molecule has 0 aliphatic carbocycles. The molecule has 6 heterocycles. The van der Waals surface area contributed by atoms with E-state index in [0.29, 0.717) is 34.1 Å². The third-order valence-corrected chi connectivity index (χ3v) is 11.1. The van der Waals surface area contributed by atoms with Crippen molar-refractivity contribution in [3.05, 3.63) is 73.6 Å². The molecule has 8 rings (SSSR count). The Morgan fingerprint density at radius 3 is 1.51 bits per heavy atom. The summed E-state index contributed by atoms with van der Waals surface area (Å²) >= 11 is 1.75. The molecule has 0 saturated heterocycles. The van der Waals surface area contributed by atoms with Gasteiger partial charge in [-0.05, 0) is 50.5 Å². The van der Waals surface area contributed by atoms with Crippen LogP contribution in [0.3, 0.4) is 0 Å². The number of anilines is 1. The zero-order valence-corrected chi connectivity index (χ0v) is 34.5. The first-order valence-corrected chi connectivity index (χ1v) is 20.4. The molecule has 294 valence electrons. The predicted octanol–water partition coefficient (Wildman–Crippen LogP) is 5.57. The summed E-state index contributed by atoms with van der Waals surface area (Å²) in [6, 6.07) is 11.4.